The molecule has 0 amide bonds. The predicted octanol–water partition coefficient (Wildman–Crippen LogP) is 1.15. The van der Waals surface area contributed by atoms with Crippen LogP contribution >= 0.6 is 0 Å². The van der Waals surface area contributed by atoms with E-state index in [1.807, 2.05) is 6.07 Å². The topological polar surface area (TPSA) is 60.4 Å². The summed E-state index contributed by atoms with van der Waals surface area (Å²) in [6.45, 7) is 1.34. The Morgan fingerprint density at radius 2 is 1.93 bits per heavy atom. The van der Waals surface area contributed by atoms with Gasteiger partial charge in [-0.05, 0) is 12.5 Å². The van der Waals surface area contributed by atoms with Crippen LogP contribution < -0.4 is 0 Å². The molecule has 0 aliphatic carbocycles. The van der Waals surface area contributed by atoms with E-state index in [-0.39, 0.29) is 5.78 Å². The average molecular weight is 228 g/mol. The van der Waals surface area contributed by atoms with Gasteiger partial charge in [0.25, 0.3) is 10.1 Å². The van der Waals surface area contributed by atoms with Gasteiger partial charge >= 0.3 is 0 Å². The lowest BCUT2D eigenvalue weighted by Crippen LogP contribution is -2.14. The van der Waals surface area contributed by atoms with Crippen molar-refractivity contribution in [2.75, 3.05) is 12.9 Å². The molecular formula is C10H12O4S. The molecule has 1 aromatic rings. The Morgan fingerprint density at radius 1 is 1.33 bits per heavy atom. The highest BCUT2D eigenvalue weighted by molar-refractivity contribution is 7.86. The number of carbonyl (C=O) groups excluding carboxylic acids is 1. The second kappa shape index (κ2) is 4.55. The fourth-order valence-corrected chi connectivity index (χ4v) is 1.45. The molecule has 0 heterocycles. The van der Waals surface area contributed by atoms with Gasteiger partial charge < -0.3 is 0 Å². The molecule has 0 N–H and O–H groups in total. The molecule has 0 unspecified atom stereocenters. The molecule has 0 aromatic heterocycles. The minimum atomic E-state index is -3.56. The van der Waals surface area contributed by atoms with E-state index in [0.717, 1.165) is 11.8 Å². The van der Waals surface area contributed by atoms with Crippen LogP contribution in [0.1, 0.15) is 15.9 Å². The number of aryl methyl sites for hydroxylation is 1. The normalized spacial score (nSPS) is 11.3. The van der Waals surface area contributed by atoms with Crippen molar-refractivity contribution in [2.45, 2.75) is 6.92 Å². The molecule has 82 valence electrons. The van der Waals surface area contributed by atoms with E-state index in [1.165, 1.54) is 0 Å². The molecule has 4 nitrogen and oxygen atoms in total. The van der Waals surface area contributed by atoms with Crippen molar-refractivity contribution < 1.29 is 17.4 Å². The summed E-state index contributed by atoms with van der Waals surface area (Å²) >= 11 is 0. The van der Waals surface area contributed by atoms with Crippen LogP contribution in [0.3, 0.4) is 0 Å². The Balaban J connectivity index is 2.75. The third-order valence-electron chi connectivity index (χ3n) is 1.85. The van der Waals surface area contributed by atoms with E-state index in [4.69, 9.17) is 0 Å². The van der Waals surface area contributed by atoms with E-state index in [9.17, 15) is 13.2 Å². The quantitative estimate of drug-likeness (QED) is 0.573. The summed E-state index contributed by atoms with van der Waals surface area (Å²) in [6, 6.07) is 6.96. The number of ketones is 1. The van der Waals surface area contributed by atoms with Crippen molar-refractivity contribution in [1.82, 2.24) is 0 Å². The molecule has 0 saturated heterocycles. The Kier molecular flexibility index (Phi) is 3.60. The zero-order valence-electron chi connectivity index (χ0n) is 8.56. The van der Waals surface area contributed by atoms with Crippen molar-refractivity contribution in [2.24, 2.45) is 0 Å². The summed E-state index contributed by atoms with van der Waals surface area (Å²) in [4.78, 5) is 11.5. The molecule has 0 bridgehead atoms. The third-order valence-corrected chi connectivity index (χ3v) is 2.40. The Hall–Kier alpha value is -1.20. The average Bonchev–Trinajstić information content (AvgIpc) is 2.14. The first-order valence-electron chi connectivity index (χ1n) is 4.33. The zero-order chi connectivity index (χ0) is 11.5. The first-order chi connectivity index (χ1) is 6.90. The van der Waals surface area contributed by atoms with Gasteiger partial charge in [-0.1, -0.05) is 24.3 Å². The number of Topliss-reactive ketones (excluding diaryl/α,β-unsaturated/α-hetero) is 1. The second-order valence-electron chi connectivity index (χ2n) is 3.20. The zero-order valence-corrected chi connectivity index (χ0v) is 9.37. The molecular weight excluding hydrogens is 216 g/mol. The van der Waals surface area contributed by atoms with Crippen LogP contribution in [0.25, 0.3) is 0 Å². The molecule has 0 fully saturated rings. The maximum atomic E-state index is 11.5. The molecule has 0 spiro atoms. The Morgan fingerprint density at radius 3 is 2.47 bits per heavy atom. The van der Waals surface area contributed by atoms with Crippen LogP contribution in [0.2, 0.25) is 0 Å². The minimum Gasteiger partial charge on any atom is -0.291 e. The lowest BCUT2D eigenvalue weighted by Gasteiger charge is -2.03. The van der Waals surface area contributed by atoms with Crippen LogP contribution in [0.15, 0.2) is 24.3 Å². The van der Waals surface area contributed by atoms with Crippen LogP contribution in [-0.2, 0) is 14.3 Å². The fourth-order valence-electron chi connectivity index (χ4n) is 1.12. The number of benzene rings is 1. The van der Waals surface area contributed by atoms with Crippen molar-refractivity contribution in [3.63, 3.8) is 0 Å². The summed E-state index contributed by atoms with van der Waals surface area (Å²) in [5.74, 6) is -0.335. The number of carbonyl (C=O) groups is 1. The summed E-state index contributed by atoms with van der Waals surface area (Å²) in [7, 11) is -3.56. The summed E-state index contributed by atoms with van der Waals surface area (Å²) < 4.78 is 25.8. The van der Waals surface area contributed by atoms with Crippen LogP contribution in [0.5, 0.6) is 0 Å². The summed E-state index contributed by atoms with van der Waals surface area (Å²) in [5, 5.41) is 0. The fraction of sp³-hybridized carbons (Fsp3) is 0.300. The van der Waals surface area contributed by atoms with Gasteiger partial charge in [-0.25, -0.2) is 0 Å². The smallest absolute Gasteiger partial charge is 0.264 e. The molecule has 0 radical (unpaired) electrons. The number of rotatable bonds is 4. The van der Waals surface area contributed by atoms with Gasteiger partial charge in [-0.3, -0.25) is 8.98 Å². The van der Waals surface area contributed by atoms with Gasteiger partial charge in [0.15, 0.2) is 5.78 Å². The minimum absolute atomic E-state index is 0.335. The molecule has 0 aliphatic rings. The molecule has 0 atom stereocenters. The summed E-state index contributed by atoms with van der Waals surface area (Å²) in [6.07, 6.45) is 0.915. The largest absolute Gasteiger partial charge is 0.291 e. The number of hydrogen-bond acceptors (Lipinski definition) is 4. The van der Waals surface area contributed by atoms with Crippen LogP contribution in [0.4, 0.5) is 0 Å². The highest BCUT2D eigenvalue weighted by atomic mass is 32.2. The van der Waals surface area contributed by atoms with Crippen LogP contribution in [-0.4, -0.2) is 27.1 Å². The molecule has 5 heteroatoms. The van der Waals surface area contributed by atoms with Gasteiger partial charge in [0, 0.05) is 5.56 Å². The maximum Gasteiger partial charge on any atom is 0.264 e. The summed E-state index contributed by atoms with van der Waals surface area (Å²) in [5.41, 5.74) is 1.29. The van der Waals surface area contributed by atoms with Gasteiger partial charge in [0.05, 0.1) is 6.26 Å². The highest BCUT2D eigenvalue weighted by Crippen LogP contribution is 2.08. The second-order valence-corrected chi connectivity index (χ2v) is 4.85. The van der Waals surface area contributed by atoms with Crippen molar-refractivity contribution in [3.8, 4) is 0 Å². The third kappa shape index (κ3) is 3.81. The lowest BCUT2D eigenvalue weighted by molar-refractivity contribution is 0.0925. The lowest BCUT2D eigenvalue weighted by atomic mass is 10.1. The highest BCUT2D eigenvalue weighted by Gasteiger charge is 2.11. The van der Waals surface area contributed by atoms with Gasteiger partial charge in [0.1, 0.15) is 6.61 Å². The maximum absolute atomic E-state index is 11.5. The van der Waals surface area contributed by atoms with Crippen molar-refractivity contribution in [3.05, 3.63) is 35.4 Å². The monoisotopic (exact) mass is 228 g/mol. The molecule has 0 aliphatic heterocycles. The first kappa shape index (κ1) is 11.9. The molecule has 15 heavy (non-hydrogen) atoms. The van der Waals surface area contributed by atoms with E-state index in [2.05, 4.69) is 4.18 Å². The Labute approximate surface area is 89.0 Å². The molecule has 0 saturated carbocycles. The van der Waals surface area contributed by atoms with E-state index in [0.29, 0.717) is 5.56 Å². The van der Waals surface area contributed by atoms with Gasteiger partial charge in [0.2, 0.25) is 0 Å². The van der Waals surface area contributed by atoms with E-state index >= 15 is 0 Å². The first-order valence-corrected chi connectivity index (χ1v) is 6.15. The predicted molar refractivity (Wildman–Crippen MR) is 56.3 cm³/mol. The van der Waals surface area contributed by atoms with Gasteiger partial charge in [-0.15, -0.1) is 0 Å². The standard InChI is InChI=1S/C10H12O4S/c1-8-5-3-4-6-9(8)10(11)7-14-15(2,12)13/h3-6H,7H2,1-2H3. The van der Waals surface area contributed by atoms with E-state index < -0.39 is 16.7 Å². The van der Waals surface area contributed by atoms with Crippen LogP contribution in [0, 0.1) is 6.92 Å². The molecule has 1 aromatic carbocycles. The van der Waals surface area contributed by atoms with E-state index in [1.54, 1.807) is 25.1 Å². The SMILES string of the molecule is Cc1ccccc1C(=O)COS(C)(=O)=O. The molecule has 1 rings (SSSR count). The van der Waals surface area contributed by atoms with Crippen molar-refractivity contribution in [1.29, 1.82) is 0 Å². The Bertz CT molecular complexity index is 462. The number of hydrogen-bond donors (Lipinski definition) is 0. The van der Waals surface area contributed by atoms with Crippen molar-refractivity contribution >= 4 is 15.9 Å². The van der Waals surface area contributed by atoms with Gasteiger partial charge in [-0.2, -0.15) is 8.42 Å².